The molecule has 0 spiro atoms. The summed E-state index contributed by atoms with van der Waals surface area (Å²) in [6, 6.07) is 2.11. The Morgan fingerprint density at radius 3 is 1.73 bits per heavy atom. The Bertz CT molecular complexity index is 1100. The van der Waals surface area contributed by atoms with Gasteiger partial charge in [-0.25, -0.2) is 4.39 Å². The highest BCUT2D eigenvalue weighted by Gasteiger charge is 2.84. The van der Waals surface area contributed by atoms with Gasteiger partial charge in [-0.15, -0.1) is 0 Å². The van der Waals surface area contributed by atoms with E-state index in [0.717, 1.165) is 13.0 Å². The summed E-state index contributed by atoms with van der Waals surface area (Å²) >= 11 is 0. The molecule has 0 N–H and O–H groups in total. The van der Waals surface area contributed by atoms with Gasteiger partial charge in [0.05, 0.1) is 6.10 Å². The molecule has 0 amide bonds. The van der Waals surface area contributed by atoms with E-state index in [-0.39, 0.29) is 5.56 Å². The maximum atomic E-state index is 14.1. The maximum absolute atomic E-state index is 14.1. The molecule has 1 aliphatic rings. The third-order valence-electron chi connectivity index (χ3n) is 4.87. The quantitative estimate of drug-likeness (QED) is 0.148. The monoisotopic (exact) mass is 624 g/mol. The second-order valence-electron chi connectivity index (χ2n) is 8.01. The standard InChI is InChI=1S/C19H12F16O5/c1-6(36)8-3-9(11-7(2)37-11)5-10(4-8)38-13(21,22)12(20)39-19(34,35)15(25,17(29,30)31)40-18(32,33)14(23,24)16(26,27)28/h3-5,7,11-12H,1-2H3. The van der Waals surface area contributed by atoms with Gasteiger partial charge in [-0.1, -0.05) is 0 Å². The molecule has 1 aromatic rings. The van der Waals surface area contributed by atoms with E-state index >= 15 is 0 Å². The fourth-order valence-electron chi connectivity index (χ4n) is 2.75. The summed E-state index contributed by atoms with van der Waals surface area (Å²) in [7, 11) is 0. The number of ether oxygens (including phenoxy) is 4. The average Bonchev–Trinajstić information content (AvgIpc) is 3.47. The van der Waals surface area contributed by atoms with Gasteiger partial charge in [0.15, 0.2) is 5.78 Å². The first kappa shape index (κ1) is 33.7. The third kappa shape index (κ3) is 6.34. The highest BCUT2D eigenvalue weighted by molar-refractivity contribution is 5.94. The zero-order chi connectivity index (χ0) is 31.5. The van der Waals surface area contributed by atoms with Gasteiger partial charge in [-0.2, -0.15) is 65.9 Å². The molecular weight excluding hydrogens is 612 g/mol. The van der Waals surface area contributed by atoms with Crippen molar-refractivity contribution in [2.75, 3.05) is 0 Å². The van der Waals surface area contributed by atoms with Crippen LogP contribution in [0.5, 0.6) is 5.75 Å². The van der Waals surface area contributed by atoms with Gasteiger partial charge in [0, 0.05) is 5.56 Å². The molecule has 1 heterocycles. The van der Waals surface area contributed by atoms with Crippen LogP contribution in [0, 0.1) is 0 Å². The predicted octanol–water partition coefficient (Wildman–Crippen LogP) is 7.26. The second-order valence-corrected chi connectivity index (χ2v) is 8.01. The number of epoxide rings is 1. The number of alkyl halides is 16. The summed E-state index contributed by atoms with van der Waals surface area (Å²) in [6.45, 7) is 2.34. The van der Waals surface area contributed by atoms with Crippen molar-refractivity contribution in [3.8, 4) is 5.75 Å². The zero-order valence-electron chi connectivity index (χ0n) is 19.1. The highest BCUT2D eigenvalue weighted by Crippen LogP contribution is 2.55. The molecule has 230 valence electrons. The lowest BCUT2D eigenvalue weighted by atomic mass is 10.0. The lowest BCUT2D eigenvalue weighted by Gasteiger charge is -2.38. The molecule has 1 aliphatic heterocycles. The summed E-state index contributed by atoms with van der Waals surface area (Å²) in [5, 5.41) is 0. The number of carbonyl (C=O) groups is 1. The summed E-state index contributed by atoms with van der Waals surface area (Å²) in [5.41, 5.74) is -0.526. The minimum Gasteiger partial charge on any atom is -0.429 e. The first-order valence-corrected chi connectivity index (χ1v) is 9.95. The Kier molecular flexibility index (Phi) is 8.47. The Balaban J connectivity index is 2.40. The van der Waals surface area contributed by atoms with Gasteiger partial charge in [0.25, 0.3) is 0 Å². The minimum atomic E-state index is -7.79. The van der Waals surface area contributed by atoms with Crippen molar-refractivity contribution in [3.05, 3.63) is 29.3 Å². The molecule has 5 nitrogen and oxygen atoms in total. The van der Waals surface area contributed by atoms with Crippen molar-refractivity contribution in [1.82, 2.24) is 0 Å². The molecule has 0 bridgehead atoms. The van der Waals surface area contributed by atoms with Crippen LogP contribution in [-0.4, -0.2) is 60.7 Å². The van der Waals surface area contributed by atoms with E-state index in [1.807, 2.05) is 0 Å². The van der Waals surface area contributed by atoms with E-state index in [1.165, 1.54) is 11.7 Å². The van der Waals surface area contributed by atoms with Crippen LogP contribution in [0.1, 0.15) is 35.9 Å². The van der Waals surface area contributed by atoms with Crippen molar-refractivity contribution in [2.45, 2.75) is 74.9 Å². The average molecular weight is 624 g/mol. The number of hydrogen-bond donors (Lipinski definition) is 0. The smallest absolute Gasteiger partial charge is 0.429 e. The van der Waals surface area contributed by atoms with Crippen molar-refractivity contribution >= 4 is 5.78 Å². The van der Waals surface area contributed by atoms with Crippen LogP contribution in [0.4, 0.5) is 70.2 Å². The number of Topliss-reactive ketones (excluding diaryl/α,β-unsaturated/α-hetero) is 1. The molecule has 40 heavy (non-hydrogen) atoms. The largest absolute Gasteiger partial charge is 0.462 e. The Morgan fingerprint density at radius 1 is 0.825 bits per heavy atom. The van der Waals surface area contributed by atoms with Crippen LogP contribution in [0.2, 0.25) is 0 Å². The van der Waals surface area contributed by atoms with Crippen LogP contribution < -0.4 is 4.74 Å². The van der Waals surface area contributed by atoms with Crippen molar-refractivity contribution in [3.63, 3.8) is 0 Å². The molecule has 0 aromatic heterocycles. The summed E-state index contributed by atoms with van der Waals surface area (Å²) in [5.74, 6) is -17.7. The van der Waals surface area contributed by atoms with E-state index < -0.39 is 78.1 Å². The van der Waals surface area contributed by atoms with Crippen LogP contribution in [0.25, 0.3) is 0 Å². The molecule has 21 heteroatoms. The summed E-state index contributed by atoms with van der Waals surface area (Å²) < 4.78 is 224. The second kappa shape index (κ2) is 10.1. The van der Waals surface area contributed by atoms with E-state index in [0.29, 0.717) is 12.1 Å². The molecule has 1 fully saturated rings. The molecular formula is C19H12F16O5. The van der Waals surface area contributed by atoms with Crippen LogP contribution in [0.3, 0.4) is 0 Å². The van der Waals surface area contributed by atoms with E-state index in [4.69, 9.17) is 4.74 Å². The molecule has 4 atom stereocenters. The number of halogens is 16. The topological polar surface area (TPSA) is 57.3 Å². The number of carbonyl (C=O) groups excluding carboxylic acids is 1. The van der Waals surface area contributed by atoms with Gasteiger partial charge in [-0.3, -0.25) is 14.3 Å². The molecule has 0 radical (unpaired) electrons. The fourth-order valence-corrected chi connectivity index (χ4v) is 2.75. The molecule has 1 aromatic carbocycles. The van der Waals surface area contributed by atoms with Crippen molar-refractivity contribution in [1.29, 1.82) is 0 Å². The molecule has 0 aliphatic carbocycles. The molecule has 4 unspecified atom stereocenters. The Labute approximate surface area is 210 Å². The Hall–Kier alpha value is -2.55. The lowest BCUT2D eigenvalue weighted by Crippen LogP contribution is -2.66. The normalized spacial score (nSPS) is 21.6. The number of benzene rings is 1. The summed E-state index contributed by atoms with van der Waals surface area (Å²) in [4.78, 5) is 11.6. The lowest BCUT2D eigenvalue weighted by molar-refractivity contribution is -0.543. The highest BCUT2D eigenvalue weighted by atomic mass is 19.4. The predicted molar refractivity (Wildman–Crippen MR) is 93.2 cm³/mol. The number of ketones is 1. The zero-order valence-corrected chi connectivity index (χ0v) is 19.1. The Morgan fingerprint density at radius 2 is 1.32 bits per heavy atom. The number of hydrogen-bond acceptors (Lipinski definition) is 5. The van der Waals surface area contributed by atoms with E-state index in [2.05, 4.69) is 9.47 Å². The van der Waals surface area contributed by atoms with E-state index in [9.17, 15) is 75.0 Å². The summed E-state index contributed by atoms with van der Waals surface area (Å²) in [6.07, 6.45) is -43.1. The molecule has 0 saturated carbocycles. The van der Waals surface area contributed by atoms with Gasteiger partial charge >= 0.3 is 48.8 Å². The van der Waals surface area contributed by atoms with Gasteiger partial charge < -0.3 is 9.47 Å². The first-order valence-electron chi connectivity index (χ1n) is 9.95. The molecule has 2 rings (SSSR count). The maximum Gasteiger partial charge on any atom is 0.462 e. The van der Waals surface area contributed by atoms with Gasteiger partial charge in [0.1, 0.15) is 11.9 Å². The van der Waals surface area contributed by atoms with Crippen molar-refractivity contribution < 1.29 is 94.0 Å². The first-order chi connectivity index (χ1) is 17.6. The SMILES string of the molecule is CC(=O)c1cc(OC(F)(F)C(F)OC(F)(F)C(F)(OC(F)(F)C(F)(F)C(F)(F)F)C(F)(F)F)cc(C2OC2C)c1. The number of rotatable bonds is 11. The minimum absolute atomic E-state index is 0.0891. The third-order valence-corrected chi connectivity index (χ3v) is 4.87. The van der Waals surface area contributed by atoms with Gasteiger partial charge in [-0.05, 0) is 37.6 Å². The molecule has 1 saturated heterocycles. The fraction of sp³-hybridized carbons (Fsp3) is 0.632. The van der Waals surface area contributed by atoms with Gasteiger partial charge in [0.2, 0.25) is 0 Å². The van der Waals surface area contributed by atoms with E-state index in [1.54, 1.807) is 0 Å². The van der Waals surface area contributed by atoms with Crippen LogP contribution >= 0.6 is 0 Å². The van der Waals surface area contributed by atoms with Crippen LogP contribution in [-0.2, 0) is 14.2 Å². The van der Waals surface area contributed by atoms with Crippen LogP contribution in [0.15, 0.2) is 18.2 Å². The van der Waals surface area contributed by atoms with Crippen molar-refractivity contribution in [2.24, 2.45) is 0 Å².